The Morgan fingerprint density at radius 3 is 0.216 bits per heavy atom. The average molecular weight is 1590 g/mol. The van der Waals surface area contributed by atoms with E-state index in [1.165, 1.54) is 0 Å². The van der Waals surface area contributed by atoms with Crippen LogP contribution in [0.25, 0.3) is 0 Å². The topological polar surface area (TPSA) is 426 Å². The second-order valence-corrected chi connectivity index (χ2v) is 29.6. The summed E-state index contributed by atoms with van der Waals surface area (Å²) in [4.78, 5) is 33.1. The Morgan fingerprint density at radius 2 is 0.147 bits per heavy atom. The minimum Gasteiger partial charge on any atom is -0.303 e. The van der Waals surface area contributed by atoms with E-state index in [-0.39, 0.29) is 0 Å². The molecule has 30 heteroatoms. The molecule has 0 aromatic heterocycles. The monoisotopic (exact) mass is 1590 g/mol. The van der Waals surface area contributed by atoms with Gasteiger partial charge in [0.15, 0.2) is 0 Å². The van der Waals surface area contributed by atoms with Crippen LogP contribution in [-0.4, -0.2) is 343 Å². The molecule has 0 radical (unpaired) electrons. The summed E-state index contributed by atoms with van der Waals surface area (Å²) in [5, 5.41) is 152. The maximum atomic E-state index is 9.53. The van der Waals surface area contributed by atoms with Crippen molar-refractivity contribution < 1.29 is 0 Å². The van der Waals surface area contributed by atoms with Crippen molar-refractivity contribution in [2.24, 2.45) is 0 Å². The molecule has 634 valence electrons. The third-order valence-electron chi connectivity index (χ3n) is 20.8. The van der Waals surface area contributed by atoms with Gasteiger partial charge in [0.1, 0.15) is 0 Å². The molecule has 116 heavy (non-hydrogen) atoms. The van der Waals surface area contributed by atoms with E-state index in [0.717, 1.165) is 247 Å². The summed E-state index contributed by atoms with van der Waals surface area (Å²) >= 11 is 0. The summed E-state index contributed by atoms with van der Waals surface area (Å²) in [5.74, 6) is 0. The number of nitrogens with zero attached hydrogens (tertiary/aromatic N) is 30. The predicted molar refractivity (Wildman–Crippen MR) is 449 cm³/mol. The Morgan fingerprint density at radius 1 is 0.0862 bits per heavy atom. The molecule has 0 aromatic carbocycles. The second-order valence-electron chi connectivity index (χ2n) is 29.6. The fourth-order valence-corrected chi connectivity index (χ4v) is 14.5. The SMILES string of the molecule is N#CCCN(CCC#N)CCCN(CCCN(CCC#N)CCC#N)CCCN(CCCN(CCCN(CCC#N)CCC#N)CCCN(CCC#N)CCC#N)CCN(CCCN(CCCN(CCC#N)CCC#N)CCCN(CCC#N)CCC#N)CCCN(CCCN(CCC#N)CCC#N)CCCN(CCC#N)CCC#N. The van der Waals surface area contributed by atoms with Crippen LogP contribution in [0.1, 0.15) is 180 Å². The van der Waals surface area contributed by atoms with E-state index in [1.54, 1.807) is 0 Å². The van der Waals surface area contributed by atoms with Gasteiger partial charge in [-0.15, -0.1) is 0 Å². The summed E-state index contributed by atoms with van der Waals surface area (Å²) in [5.41, 5.74) is 0. The van der Waals surface area contributed by atoms with Crippen molar-refractivity contribution in [3.8, 4) is 97.1 Å². The van der Waals surface area contributed by atoms with Crippen LogP contribution in [0.2, 0.25) is 0 Å². The molecule has 0 atom stereocenters. The summed E-state index contributed by atoms with van der Waals surface area (Å²) in [6.45, 7) is 30.5. The first kappa shape index (κ1) is 107. The van der Waals surface area contributed by atoms with Gasteiger partial charge in [-0.3, -0.25) is 0 Å². The lowest BCUT2D eigenvalue weighted by Crippen LogP contribution is -2.41. The zero-order valence-electron chi connectivity index (χ0n) is 70.9. The zero-order chi connectivity index (χ0) is 84.9. The fourth-order valence-electron chi connectivity index (χ4n) is 14.5. The third kappa shape index (κ3) is 65.4. The van der Waals surface area contributed by atoms with Gasteiger partial charge in [0.25, 0.3) is 0 Å². The Bertz CT molecular complexity index is 2410. The van der Waals surface area contributed by atoms with Gasteiger partial charge in [-0.2, -0.15) is 84.2 Å². The molecular weight excluding hydrogens is 1450 g/mol. The van der Waals surface area contributed by atoms with E-state index < -0.39 is 0 Å². The van der Waals surface area contributed by atoms with Crippen molar-refractivity contribution in [2.45, 2.75) is 180 Å². The molecule has 0 aliphatic carbocycles. The quantitative estimate of drug-likeness (QED) is 0.0550. The summed E-state index contributed by atoms with van der Waals surface area (Å²) < 4.78 is 0. The lowest BCUT2D eigenvalue weighted by Gasteiger charge is -2.32. The molecule has 0 amide bonds. The molecule has 0 aliphatic heterocycles. The molecule has 0 heterocycles. The molecule has 0 N–H and O–H groups in total. The van der Waals surface area contributed by atoms with Crippen molar-refractivity contribution in [1.29, 1.82) is 84.2 Å². The lowest BCUT2D eigenvalue weighted by atomic mass is 10.2. The molecular formula is C86H140N30. The van der Waals surface area contributed by atoms with Gasteiger partial charge in [0.05, 0.1) is 97.1 Å². The Balaban J connectivity index is 8.12. The first-order chi connectivity index (χ1) is 57.0. The zero-order valence-corrected chi connectivity index (χ0v) is 70.9. The van der Waals surface area contributed by atoms with Gasteiger partial charge >= 0.3 is 0 Å². The third-order valence-corrected chi connectivity index (χ3v) is 20.8. The molecule has 0 bridgehead atoms. The molecule has 0 fully saturated rings. The van der Waals surface area contributed by atoms with Crippen LogP contribution >= 0.6 is 0 Å². The number of rotatable bonds is 83. The standard InChI is InChI=1S/C86H140N30/c87-29-1-45-103(46-2-30-88)61-17-69-111(70-18-62-104(47-3-31-89)48-4-32-90)77-25-81-115(82-26-78-112(71-19-63-105(49-5-33-91)50-6-34-92)72-20-64-106(51-7-35-93)52-8-36-94)85-86-116(83-27-79-113(73-21-65-107(53-9-37-95)54-10-38-96)74-22-66-108(55-11-39-97)56-12-40-98)84-28-80-114(75-23-67-109(57-13-41-99)58-14-42-100)76-24-68-110(59-15-43-101)60-16-44-102/h1-28,45-86H2. The van der Waals surface area contributed by atoms with E-state index in [9.17, 15) is 84.2 Å². The van der Waals surface area contributed by atoms with Gasteiger partial charge in [0, 0.05) is 221 Å². The first-order valence-corrected chi connectivity index (χ1v) is 43.0. The van der Waals surface area contributed by atoms with E-state index in [0.29, 0.717) is 207 Å². The van der Waals surface area contributed by atoms with Gasteiger partial charge in [0.2, 0.25) is 0 Å². The fraction of sp³-hybridized carbons (Fsp3) is 0.814. The number of hydrogen-bond acceptors (Lipinski definition) is 30. The van der Waals surface area contributed by atoms with E-state index >= 15 is 0 Å². The minimum atomic E-state index is 0.383. The van der Waals surface area contributed by atoms with Crippen LogP contribution in [-0.2, 0) is 0 Å². The van der Waals surface area contributed by atoms with Gasteiger partial charge in [-0.1, -0.05) is 0 Å². The van der Waals surface area contributed by atoms with Crippen molar-refractivity contribution in [1.82, 2.24) is 68.6 Å². The van der Waals surface area contributed by atoms with Crippen LogP contribution in [0.4, 0.5) is 0 Å². The van der Waals surface area contributed by atoms with E-state index in [4.69, 9.17) is 0 Å². The molecule has 0 saturated carbocycles. The molecule has 0 saturated heterocycles. The van der Waals surface area contributed by atoms with Crippen molar-refractivity contribution in [3.05, 3.63) is 0 Å². The summed E-state index contributed by atoms with van der Waals surface area (Å²) in [6, 6.07) is 36.4. The smallest absolute Gasteiger partial charge is 0.0635 e. The number of nitriles is 16. The van der Waals surface area contributed by atoms with E-state index in [2.05, 4.69) is 166 Å². The highest BCUT2D eigenvalue weighted by atomic mass is 15.2. The normalized spacial score (nSPS) is 11.2. The Labute approximate surface area is 701 Å². The highest BCUT2D eigenvalue weighted by molar-refractivity contribution is 4.86. The maximum Gasteiger partial charge on any atom is 0.0635 e. The average Bonchev–Trinajstić information content (AvgIpc) is 0.939. The van der Waals surface area contributed by atoms with Crippen LogP contribution in [0.5, 0.6) is 0 Å². The van der Waals surface area contributed by atoms with Crippen LogP contribution in [0, 0.1) is 181 Å². The van der Waals surface area contributed by atoms with Crippen molar-refractivity contribution >= 4 is 0 Å². The molecule has 0 unspecified atom stereocenters. The molecule has 0 aliphatic rings. The Kier molecular flexibility index (Phi) is 76.6. The summed E-state index contributed by atoms with van der Waals surface area (Å²) in [7, 11) is 0. The van der Waals surface area contributed by atoms with Gasteiger partial charge in [-0.25, -0.2) is 0 Å². The van der Waals surface area contributed by atoms with Crippen molar-refractivity contribution in [3.63, 3.8) is 0 Å². The van der Waals surface area contributed by atoms with Crippen LogP contribution < -0.4 is 0 Å². The highest BCUT2D eigenvalue weighted by Gasteiger charge is 2.20. The second kappa shape index (κ2) is 82.8. The first-order valence-electron chi connectivity index (χ1n) is 43.0. The van der Waals surface area contributed by atoms with Gasteiger partial charge in [-0.05, 0) is 234 Å². The van der Waals surface area contributed by atoms with Crippen LogP contribution in [0.3, 0.4) is 0 Å². The molecule has 0 aromatic rings. The molecule has 0 rings (SSSR count). The lowest BCUT2D eigenvalue weighted by molar-refractivity contribution is 0.157. The maximum absolute atomic E-state index is 9.53. The predicted octanol–water partition coefficient (Wildman–Crippen LogP) is 8.51. The van der Waals surface area contributed by atoms with Gasteiger partial charge < -0.3 is 68.6 Å². The summed E-state index contributed by atoms with van der Waals surface area (Å²) in [6.07, 6.45) is 16.5. The largest absolute Gasteiger partial charge is 0.303 e. The van der Waals surface area contributed by atoms with E-state index in [1.807, 2.05) is 0 Å². The van der Waals surface area contributed by atoms with Crippen molar-refractivity contribution in [2.75, 3.05) is 275 Å². The highest BCUT2D eigenvalue weighted by Crippen LogP contribution is 2.13. The molecule has 30 nitrogen and oxygen atoms in total. The van der Waals surface area contributed by atoms with Crippen LogP contribution in [0.15, 0.2) is 0 Å². The molecule has 0 spiro atoms. The number of hydrogen-bond donors (Lipinski definition) is 0. The minimum absolute atomic E-state index is 0.383. The Hall–Kier alpha value is -8.72.